The van der Waals surface area contributed by atoms with Crippen LogP contribution >= 0.6 is 0 Å². The summed E-state index contributed by atoms with van der Waals surface area (Å²) in [5.74, 6) is 0.585. The predicted molar refractivity (Wildman–Crippen MR) is 117 cm³/mol. The van der Waals surface area contributed by atoms with Gasteiger partial charge in [0.25, 0.3) is 0 Å². The van der Waals surface area contributed by atoms with E-state index in [9.17, 15) is 0 Å². The van der Waals surface area contributed by atoms with Crippen LogP contribution in [0.2, 0.25) is 0 Å². The van der Waals surface area contributed by atoms with Crippen LogP contribution in [0.3, 0.4) is 0 Å². The molecule has 0 heterocycles. The van der Waals surface area contributed by atoms with Crippen molar-refractivity contribution in [1.29, 1.82) is 0 Å². The average Bonchev–Trinajstić information content (AvgIpc) is 2.68. The van der Waals surface area contributed by atoms with E-state index in [0.717, 1.165) is 0 Å². The van der Waals surface area contributed by atoms with Crippen LogP contribution in [0.1, 0.15) is 27.7 Å². The van der Waals surface area contributed by atoms with Crippen LogP contribution in [0.4, 0.5) is 11.4 Å². The van der Waals surface area contributed by atoms with Crippen molar-refractivity contribution in [2.24, 2.45) is 31.8 Å². The first-order valence-corrected chi connectivity index (χ1v) is 9.59. The third-order valence-corrected chi connectivity index (χ3v) is 5.54. The number of para-hydroxylation sites is 2. The SMILES string of the molecule is CC1C=CC=CC1(C)N=C=Nc1ccccc1N=C=NC1(C)C=CC=CC1C. The lowest BCUT2D eigenvalue weighted by atomic mass is 9.84. The smallest absolute Gasteiger partial charge is 0.101 e. The number of rotatable bonds is 4. The standard InChI is InChI=1S/C24H26N4/c1-19-11-7-9-15-23(19,3)27-17-25-21-13-5-6-14-22(21)26-18-28-24(4)16-10-8-12-20(24)2/h5-16,19-20H,1-4H3. The molecule has 0 N–H and O–H groups in total. The van der Waals surface area contributed by atoms with Gasteiger partial charge in [-0.05, 0) is 26.0 Å². The van der Waals surface area contributed by atoms with E-state index < -0.39 is 0 Å². The summed E-state index contributed by atoms with van der Waals surface area (Å²) >= 11 is 0. The molecule has 0 bridgehead atoms. The Bertz CT molecular complexity index is 889. The van der Waals surface area contributed by atoms with Gasteiger partial charge in [-0.2, -0.15) is 9.98 Å². The Balaban J connectivity index is 1.84. The van der Waals surface area contributed by atoms with Crippen molar-refractivity contribution < 1.29 is 0 Å². The van der Waals surface area contributed by atoms with Gasteiger partial charge in [0.2, 0.25) is 0 Å². The van der Waals surface area contributed by atoms with Gasteiger partial charge in [0.1, 0.15) is 11.4 Å². The molecule has 0 fully saturated rings. The fourth-order valence-corrected chi connectivity index (χ4v) is 2.96. The first kappa shape index (κ1) is 19.7. The second kappa shape index (κ2) is 8.31. The molecule has 0 aromatic heterocycles. The predicted octanol–water partition coefficient (Wildman–Crippen LogP) is 6.34. The first-order chi connectivity index (χ1) is 13.4. The quantitative estimate of drug-likeness (QED) is 0.555. The van der Waals surface area contributed by atoms with Gasteiger partial charge in [-0.1, -0.05) is 74.6 Å². The van der Waals surface area contributed by atoms with Gasteiger partial charge in [-0.3, -0.25) is 0 Å². The number of allylic oxidation sites excluding steroid dienone is 4. The third kappa shape index (κ3) is 4.43. The number of hydrogen-bond donors (Lipinski definition) is 0. The van der Waals surface area contributed by atoms with E-state index >= 15 is 0 Å². The summed E-state index contributed by atoms with van der Waals surface area (Å²) in [6.45, 7) is 8.42. The molecule has 4 nitrogen and oxygen atoms in total. The van der Waals surface area contributed by atoms with Crippen molar-refractivity contribution in [3.63, 3.8) is 0 Å². The Morgan fingerprint density at radius 1 is 0.714 bits per heavy atom. The summed E-state index contributed by atoms with van der Waals surface area (Å²) < 4.78 is 0. The minimum atomic E-state index is -0.330. The summed E-state index contributed by atoms with van der Waals surface area (Å²) in [7, 11) is 0. The van der Waals surface area contributed by atoms with Crippen LogP contribution in [0, 0.1) is 11.8 Å². The summed E-state index contributed by atoms with van der Waals surface area (Å²) in [4.78, 5) is 17.9. The maximum Gasteiger partial charge on any atom is 0.101 e. The average molecular weight is 371 g/mol. The Kier molecular flexibility index (Phi) is 5.84. The summed E-state index contributed by atoms with van der Waals surface area (Å²) in [6.07, 6.45) is 16.5. The summed E-state index contributed by atoms with van der Waals surface area (Å²) in [6, 6.07) is 13.3. The fraction of sp³-hybridized carbons (Fsp3) is 0.333. The zero-order valence-electron chi connectivity index (χ0n) is 16.9. The van der Waals surface area contributed by atoms with Crippen LogP contribution < -0.4 is 0 Å². The second-order valence-electron chi connectivity index (χ2n) is 7.65. The molecule has 0 saturated carbocycles. The largest absolute Gasteiger partial charge is 0.214 e. The Morgan fingerprint density at radius 2 is 1.14 bits per heavy atom. The summed E-state index contributed by atoms with van der Waals surface area (Å²) in [5.41, 5.74) is 0.725. The van der Waals surface area contributed by atoms with Gasteiger partial charge in [0, 0.05) is 11.8 Å². The van der Waals surface area contributed by atoms with Gasteiger partial charge >= 0.3 is 0 Å². The molecule has 4 unspecified atom stereocenters. The maximum atomic E-state index is 4.55. The molecule has 2 aliphatic rings. The van der Waals surface area contributed by atoms with Gasteiger partial charge in [-0.15, -0.1) is 0 Å². The van der Waals surface area contributed by atoms with E-state index in [1.54, 1.807) is 0 Å². The van der Waals surface area contributed by atoms with E-state index in [4.69, 9.17) is 0 Å². The molecule has 4 atom stereocenters. The van der Waals surface area contributed by atoms with Crippen molar-refractivity contribution in [2.75, 3.05) is 0 Å². The van der Waals surface area contributed by atoms with Gasteiger partial charge < -0.3 is 0 Å². The molecule has 0 spiro atoms. The van der Waals surface area contributed by atoms with E-state index in [1.807, 2.05) is 48.6 Å². The molecule has 1 aromatic carbocycles. The van der Waals surface area contributed by atoms with E-state index in [-0.39, 0.29) is 11.1 Å². The normalized spacial score (nSPS) is 30.3. The monoisotopic (exact) mass is 370 g/mol. The third-order valence-electron chi connectivity index (χ3n) is 5.54. The summed E-state index contributed by atoms with van der Waals surface area (Å²) in [5, 5.41) is 0. The van der Waals surface area contributed by atoms with Crippen LogP contribution in [0.5, 0.6) is 0 Å². The molecule has 0 amide bonds. The lowest BCUT2D eigenvalue weighted by Gasteiger charge is -2.26. The molecule has 1 aromatic rings. The van der Waals surface area contributed by atoms with E-state index in [1.165, 1.54) is 0 Å². The maximum absolute atomic E-state index is 4.55. The van der Waals surface area contributed by atoms with Gasteiger partial charge in [0.15, 0.2) is 0 Å². The molecule has 0 radical (unpaired) electrons. The Hall–Kier alpha value is -3.06. The zero-order chi connectivity index (χ0) is 20.0. The fourth-order valence-electron chi connectivity index (χ4n) is 2.96. The lowest BCUT2D eigenvalue weighted by Crippen LogP contribution is -2.28. The Labute approximate surface area is 167 Å². The number of aliphatic imine (C=N–C) groups is 4. The second-order valence-corrected chi connectivity index (χ2v) is 7.65. The topological polar surface area (TPSA) is 49.4 Å². The zero-order valence-corrected chi connectivity index (χ0v) is 16.9. The molecule has 28 heavy (non-hydrogen) atoms. The van der Waals surface area contributed by atoms with E-state index in [0.29, 0.717) is 23.2 Å². The molecular weight excluding hydrogens is 344 g/mol. The van der Waals surface area contributed by atoms with Crippen LogP contribution in [-0.4, -0.2) is 23.1 Å². The molecule has 3 rings (SSSR count). The highest BCUT2D eigenvalue weighted by molar-refractivity contribution is 5.69. The highest BCUT2D eigenvalue weighted by atomic mass is 14.9. The van der Waals surface area contributed by atoms with Crippen molar-refractivity contribution in [1.82, 2.24) is 0 Å². The molecule has 0 saturated heterocycles. The molecule has 0 aliphatic heterocycles. The van der Waals surface area contributed by atoms with Crippen molar-refractivity contribution in [3.05, 3.63) is 72.9 Å². The van der Waals surface area contributed by atoms with Crippen LogP contribution in [-0.2, 0) is 0 Å². The molecular formula is C24H26N4. The highest BCUT2D eigenvalue weighted by Crippen LogP contribution is 2.30. The molecule has 142 valence electrons. The number of nitrogens with zero attached hydrogens (tertiary/aromatic N) is 4. The van der Waals surface area contributed by atoms with Crippen molar-refractivity contribution >= 4 is 23.4 Å². The number of hydrogen-bond acceptors (Lipinski definition) is 4. The Morgan fingerprint density at radius 3 is 1.54 bits per heavy atom. The van der Waals surface area contributed by atoms with E-state index in [2.05, 4.69) is 84.0 Å². The van der Waals surface area contributed by atoms with Crippen LogP contribution in [0.25, 0.3) is 0 Å². The van der Waals surface area contributed by atoms with Crippen LogP contribution in [0.15, 0.2) is 92.8 Å². The molecule has 4 heteroatoms. The molecule has 2 aliphatic carbocycles. The van der Waals surface area contributed by atoms with Crippen molar-refractivity contribution in [2.45, 2.75) is 38.8 Å². The minimum absolute atomic E-state index is 0.293. The van der Waals surface area contributed by atoms with Gasteiger partial charge in [-0.25, -0.2) is 9.98 Å². The lowest BCUT2D eigenvalue weighted by molar-refractivity contribution is 0.461. The highest BCUT2D eigenvalue weighted by Gasteiger charge is 2.27. The number of benzene rings is 1. The first-order valence-electron chi connectivity index (χ1n) is 9.59. The van der Waals surface area contributed by atoms with Crippen molar-refractivity contribution in [3.8, 4) is 0 Å². The van der Waals surface area contributed by atoms with Gasteiger partial charge in [0.05, 0.1) is 23.1 Å². The minimum Gasteiger partial charge on any atom is -0.214 e.